The summed E-state index contributed by atoms with van der Waals surface area (Å²) < 4.78 is 5.28. The largest absolute Gasteiger partial charge is 0.383 e. The summed E-state index contributed by atoms with van der Waals surface area (Å²) in [5.41, 5.74) is 0.595. The zero-order valence-corrected chi connectivity index (χ0v) is 14.1. The van der Waals surface area contributed by atoms with E-state index < -0.39 is 0 Å². The van der Waals surface area contributed by atoms with Crippen molar-refractivity contribution in [3.05, 3.63) is 29.8 Å². The molecular formula is C15H23ClN2O2S. The van der Waals surface area contributed by atoms with Crippen LogP contribution in [0.3, 0.4) is 0 Å². The van der Waals surface area contributed by atoms with E-state index in [1.807, 2.05) is 30.5 Å². The molecule has 1 aromatic rings. The molecule has 1 aromatic carbocycles. The van der Waals surface area contributed by atoms with E-state index in [0.717, 1.165) is 24.3 Å². The Kier molecular flexibility index (Phi) is 7.52. The highest BCUT2D eigenvalue weighted by atomic mass is 35.5. The third kappa shape index (κ3) is 4.88. The molecule has 1 atom stereocenters. The standard InChI is InChI=1S/C15H22N2O2S.ClH/c1-19-11-15(8-3-9-17-15)10-16-14(18)12-4-6-13(20-2)7-5-12;/h4-7,17H,3,8-11H2,1-2H3,(H,16,18);1H. The Bertz CT molecular complexity index is 447. The maximum Gasteiger partial charge on any atom is 0.251 e. The molecule has 2 rings (SSSR count). The van der Waals surface area contributed by atoms with Crippen LogP contribution in [0.5, 0.6) is 0 Å². The predicted octanol–water partition coefficient (Wildman–Crippen LogP) is 2.33. The third-order valence-electron chi connectivity index (χ3n) is 3.69. The van der Waals surface area contributed by atoms with Crippen LogP contribution in [0.2, 0.25) is 0 Å². The molecule has 1 saturated heterocycles. The minimum absolute atomic E-state index is 0. The maximum atomic E-state index is 12.2. The van der Waals surface area contributed by atoms with Crippen LogP contribution in [-0.2, 0) is 4.74 Å². The lowest BCUT2D eigenvalue weighted by Gasteiger charge is -2.28. The summed E-state index contributed by atoms with van der Waals surface area (Å²) in [5, 5.41) is 6.47. The van der Waals surface area contributed by atoms with Crippen molar-refractivity contribution in [3.8, 4) is 0 Å². The van der Waals surface area contributed by atoms with Crippen LogP contribution in [-0.4, -0.2) is 44.5 Å². The van der Waals surface area contributed by atoms with Crippen molar-refractivity contribution in [2.45, 2.75) is 23.3 Å². The molecule has 0 bridgehead atoms. The number of ether oxygens (including phenoxy) is 1. The zero-order chi connectivity index (χ0) is 14.4. The molecular weight excluding hydrogens is 308 g/mol. The van der Waals surface area contributed by atoms with Crippen molar-refractivity contribution >= 4 is 30.1 Å². The lowest BCUT2D eigenvalue weighted by Crippen LogP contribution is -2.52. The Balaban J connectivity index is 0.00000220. The molecule has 21 heavy (non-hydrogen) atoms. The number of carbonyl (C=O) groups excluding carboxylic acids is 1. The third-order valence-corrected chi connectivity index (χ3v) is 4.44. The lowest BCUT2D eigenvalue weighted by molar-refractivity contribution is 0.0892. The Morgan fingerprint density at radius 1 is 1.43 bits per heavy atom. The first-order chi connectivity index (χ1) is 9.69. The number of benzene rings is 1. The normalized spacial score (nSPS) is 20.9. The van der Waals surface area contributed by atoms with Gasteiger partial charge in [-0.2, -0.15) is 0 Å². The van der Waals surface area contributed by atoms with Crippen LogP contribution in [0.4, 0.5) is 0 Å². The van der Waals surface area contributed by atoms with Gasteiger partial charge in [-0.15, -0.1) is 24.2 Å². The fourth-order valence-electron chi connectivity index (χ4n) is 2.56. The Morgan fingerprint density at radius 2 is 2.14 bits per heavy atom. The Morgan fingerprint density at radius 3 is 2.67 bits per heavy atom. The van der Waals surface area contributed by atoms with Gasteiger partial charge in [-0.3, -0.25) is 4.79 Å². The van der Waals surface area contributed by atoms with E-state index in [1.54, 1.807) is 18.9 Å². The fourth-order valence-corrected chi connectivity index (χ4v) is 2.97. The van der Waals surface area contributed by atoms with Gasteiger partial charge < -0.3 is 15.4 Å². The molecule has 1 fully saturated rings. The van der Waals surface area contributed by atoms with Crippen molar-refractivity contribution in [2.75, 3.05) is 33.1 Å². The minimum Gasteiger partial charge on any atom is -0.383 e. The van der Waals surface area contributed by atoms with E-state index in [9.17, 15) is 4.79 Å². The predicted molar refractivity (Wildman–Crippen MR) is 89.6 cm³/mol. The molecule has 1 aliphatic heterocycles. The van der Waals surface area contributed by atoms with Gasteiger partial charge in [0, 0.05) is 24.1 Å². The molecule has 0 aromatic heterocycles. The second-order valence-corrected chi connectivity index (χ2v) is 6.03. The number of carbonyl (C=O) groups is 1. The number of halogens is 1. The highest BCUT2D eigenvalue weighted by Gasteiger charge is 2.33. The highest BCUT2D eigenvalue weighted by Crippen LogP contribution is 2.19. The van der Waals surface area contributed by atoms with Crippen LogP contribution < -0.4 is 10.6 Å². The summed E-state index contributed by atoms with van der Waals surface area (Å²) in [6.45, 7) is 2.21. The first kappa shape index (κ1) is 18.3. The highest BCUT2D eigenvalue weighted by molar-refractivity contribution is 7.98. The fraction of sp³-hybridized carbons (Fsp3) is 0.533. The molecule has 4 nitrogen and oxygen atoms in total. The van der Waals surface area contributed by atoms with E-state index in [0.29, 0.717) is 18.7 Å². The van der Waals surface area contributed by atoms with Crippen LogP contribution in [0.25, 0.3) is 0 Å². The van der Waals surface area contributed by atoms with Crippen molar-refractivity contribution in [1.29, 1.82) is 0 Å². The summed E-state index contributed by atoms with van der Waals surface area (Å²) >= 11 is 1.67. The molecule has 1 unspecified atom stereocenters. The lowest BCUT2D eigenvalue weighted by atomic mass is 9.98. The van der Waals surface area contributed by atoms with E-state index >= 15 is 0 Å². The number of hydrogen-bond acceptors (Lipinski definition) is 4. The Labute approximate surface area is 136 Å². The molecule has 0 radical (unpaired) electrons. The molecule has 1 aliphatic rings. The van der Waals surface area contributed by atoms with E-state index in [4.69, 9.17) is 4.74 Å². The van der Waals surface area contributed by atoms with Gasteiger partial charge in [0.2, 0.25) is 0 Å². The van der Waals surface area contributed by atoms with E-state index in [2.05, 4.69) is 10.6 Å². The summed E-state index contributed by atoms with van der Waals surface area (Å²) in [5.74, 6) is -0.0261. The van der Waals surface area contributed by atoms with Crippen molar-refractivity contribution in [1.82, 2.24) is 10.6 Å². The molecule has 0 aliphatic carbocycles. The molecule has 0 spiro atoms. The summed E-state index contributed by atoms with van der Waals surface area (Å²) in [7, 11) is 1.70. The van der Waals surface area contributed by atoms with Crippen LogP contribution in [0.15, 0.2) is 29.2 Å². The summed E-state index contributed by atoms with van der Waals surface area (Å²) in [6.07, 6.45) is 4.18. The molecule has 2 N–H and O–H groups in total. The maximum absolute atomic E-state index is 12.2. The SMILES string of the molecule is COCC1(CNC(=O)c2ccc(SC)cc2)CCCN1.Cl. The Hall–Kier alpha value is -0.750. The van der Waals surface area contributed by atoms with Gasteiger partial charge >= 0.3 is 0 Å². The molecule has 1 heterocycles. The number of nitrogens with one attached hydrogen (secondary N) is 2. The van der Waals surface area contributed by atoms with Crippen LogP contribution >= 0.6 is 24.2 Å². The van der Waals surface area contributed by atoms with Gasteiger partial charge in [0.1, 0.15) is 0 Å². The number of amides is 1. The first-order valence-electron chi connectivity index (χ1n) is 6.85. The smallest absolute Gasteiger partial charge is 0.251 e. The van der Waals surface area contributed by atoms with Crippen LogP contribution in [0, 0.1) is 0 Å². The summed E-state index contributed by atoms with van der Waals surface area (Å²) in [6, 6.07) is 7.68. The van der Waals surface area contributed by atoms with Gasteiger partial charge in [-0.25, -0.2) is 0 Å². The monoisotopic (exact) mass is 330 g/mol. The number of rotatable bonds is 6. The quantitative estimate of drug-likeness (QED) is 0.786. The number of thioether (sulfide) groups is 1. The second kappa shape index (κ2) is 8.63. The van der Waals surface area contributed by atoms with Crippen molar-refractivity contribution in [3.63, 3.8) is 0 Å². The van der Waals surface area contributed by atoms with Crippen LogP contribution in [0.1, 0.15) is 23.2 Å². The molecule has 118 valence electrons. The minimum atomic E-state index is -0.108. The van der Waals surface area contributed by atoms with Gasteiger partial charge in [0.05, 0.1) is 12.1 Å². The molecule has 0 saturated carbocycles. The molecule has 6 heteroatoms. The first-order valence-corrected chi connectivity index (χ1v) is 8.08. The van der Waals surface area contributed by atoms with Gasteiger partial charge in [0.15, 0.2) is 0 Å². The second-order valence-electron chi connectivity index (χ2n) is 5.15. The number of methoxy groups -OCH3 is 1. The van der Waals surface area contributed by atoms with Crippen molar-refractivity contribution < 1.29 is 9.53 Å². The van der Waals surface area contributed by atoms with E-state index in [-0.39, 0.29) is 23.9 Å². The van der Waals surface area contributed by atoms with E-state index in [1.165, 1.54) is 0 Å². The molecule has 1 amide bonds. The van der Waals surface area contributed by atoms with Crippen molar-refractivity contribution in [2.24, 2.45) is 0 Å². The average Bonchev–Trinajstić information content (AvgIpc) is 2.94. The topological polar surface area (TPSA) is 50.4 Å². The van der Waals surface area contributed by atoms with Gasteiger partial charge in [-0.05, 0) is 49.9 Å². The van der Waals surface area contributed by atoms with Gasteiger partial charge in [0.25, 0.3) is 5.91 Å². The summed E-state index contributed by atoms with van der Waals surface area (Å²) in [4.78, 5) is 13.3. The average molecular weight is 331 g/mol. The zero-order valence-electron chi connectivity index (χ0n) is 12.5. The van der Waals surface area contributed by atoms with Gasteiger partial charge in [-0.1, -0.05) is 0 Å². The number of hydrogen-bond donors (Lipinski definition) is 2.